The number of hydrogen-bond acceptors (Lipinski definition) is 5. The van der Waals surface area contributed by atoms with Crippen LogP contribution in [0.1, 0.15) is 16.8 Å². The van der Waals surface area contributed by atoms with E-state index in [1.165, 1.54) is 6.07 Å². The van der Waals surface area contributed by atoms with Gasteiger partial charge in [-0.2, -0.15) is 0 Å². The van der Waals surface area contributed by atoms with Crippen LogP contribution in [0.15, 0.2) is 36.4 Å². The van der Waals surface area contributed by atoms with Crippen LogP contribution in [-0.4, -0.2) is 29.2 Å². The fraction of sp³-hybridized carbons (Fsp3) is 0.214. The average molecular weight is 306 g/mol. The van der Waals surface area contributed by atoms with E-state index < -0.39 is 5.91 Å². The van der Waals surface area contributed by atoms with Gasteiger partial charge in [-0.15, -0.1) is 10.2 Å². The van der Waals surface area contributed by atoms with Gasteiger partial charge in [-0.05, 0) is 24.6 Å². The third-order valence-corrected chi connectivity index (χ3v) is 2.96. The molecule has 21 heavy (non-hydrogen) atoms. The number of amides is 1. The molecule has 0 fully saturated rings. The summed E-state index contributed by atoms with van der Waals surface area (Å²) < 4.78 is 0. The predicted octanol–water partition coefficient (Wildman–Crippen LogP) is 2.14. The molecule has 0 unspecified atom stereocenters. The second-order valence-electron chi connectivity index (χ2n) is 4.37. The van der Waals surface area contributed by atoms with Crippen molar-refractivity contribution in [3.8, 4) is 0 Å². The molecule has 0 spiro atoms. The fourth-order valence-corrected chi connectivity index (χ4v) is 1.92. The van der Waals surface area contributed by atoms with Crippen LogP contribution >= 0.6 is 11.6 Å². The molecule has 0 atom stereocenters. The summed E-state index contributed by atoms with van der Waals surface area (Å²) in [6.45, 7) is 1.43. The lowest BCUT2D eigenvalue weighted by Crippen LogP contribution is -2.17. The molecule has 7 heteroatoms. The molecule has 1 aromatic carbocycles. The number of carbonyl (C=O) groups excluding carboxylic acids is 1. The Morgan fingerprint density at radius 2 is 1.86 bits per heavy atom. The van der Waals surface area contributed by atoms with Crippen LogP contribution in [-0.2, 0) is 0 Å². The van der Waals surface area contributed by atoms with Crippen molar-refractivity contribution < 1.29 is 4.79 Å². The van der Waals surface area contributed by atoms with Gasteiger partial charge >= 0.3 is 0 Å². The predicted molar refractivity (Wildman–Crippen MR) is 83.6 cm³/mol. The van der Waals surface area contributed by atoms with Crippen molar-refractivity contribution in [2.45, 2.75) is 6.42 Å². The molecule has 0 aliphatic carbocycles. The highest BCUT2D eigenvalue weighted by atomic mass is 35.5. The normalized spacial score (nSPS) is 10.1. The molecule has 0 radical (unpaired) electrons. The largest absolute Gasteiger partial charge is 0.385 e. The van der Waals surface area contributed by atoms with E-state index in [2.05, 4.69) is 20.8 Å². The number of carbonyl (C=O) groups is 1. The molecule has 2 aromatic rings. The Bertz CT molecular complexity index is 606. The Morgan fingerprint density at radius 3 is 2.57 bits per heavy atom. The minimum Gasteiger partial charge on any atom is -0.385 e. The first kappa shape index (κ1) is 15.1. The molecule has 0 saturated carbocycles. The summed E-state index contributed by atoms with van der Waals surface area (Å²) in [5.41, 5.74) is 6.58. The molecule has 1 heterocycles. The van der Waals surface area contributed by atoms with Crippen molar-refractivity contribution in [1.29, 1.82) is 0 Å². The van der Waals surface area contributed by atoms with Crippen molar-refractivity contribution in [3.63, 3.8) is 0 Å². The molecular formula is C14H16ClN5O. The molecular weight excluding hydrogens is 290 g/mol. The maximum absolute atomic E-state index is 11.3. The van der Waals surface area contributed by atoms with Gasteiger partial charge in [0.05, 0.1) is 5.56 Å². The summed E-state index contributed by atoms with van der Waals surface area (Å²) in [5.74, 6) is -0.233. The first-order chi connectivity index (χ1) is 10.2. The van der Waals surface area contributed by atoms with Gasteiger partial charge in [0.2, 0.25) is 0 Å². The van der Waals surface area contributed by atoms with Crippen LogP contribution in [0.25, 0.3) is 0 Å². The molecule has 0 saturated heterocycles. The Balaban J connectivity index is 1.80. The fourth-order valence-electron chi connectivity index (χ4n) is 1.77. The number of aromatic nitrogens is 2. The van der Waals surface area contributed by atoms with E-state index >= 15 is 0 Å². The van der Waals surface area contributed by atoms with Gasteiger partial charge in [0.25, 0.3) is 5.91 Å². The van der Waals surface area contributed by atoms with Crippen LogP contribution in [0.3, 0.4) is 0 Å². The summed E-state index contributed by atoms with van der Waals surface area (Å²) in [7, 11) is 0. The zero-order valence-corrected chi connectivity index (χ0v) is 12.1. The smallest absolute Gasteiger partial charge is 0.252 e. The van der Waals surface area contributed by atoms with Gasteiger partial charge in [0.15, 0.2) is 11.0 Å². The summed E-state index contributed by atoms with van der Waals surface area (Å²) in [5, 5.41) is 14.0. The summed E-state index contributed by atoms with van der Waals surface area (Å²) in [6, 6.07) is 11.3. The van der Waals surface area contributed by atoms with Crippen molar-refractivity contribution in [3.05, 3.63) is 47.1 Å². The van der Waals surface area contributed by atoms with E-state index in [0.717, 1.165) is 18.7 Å². The summed E-state index contributed by atoms with van der Waals surface area (Å²) >= 11 is 5.69. The molecule has 4 N–H and O–H groups in total. The summed E-state index contributed by atoms with van der Waals surface area (Å²) in [4.78, 5) is 11.3. The van der Waals surface area contributed by atoms with Gasteiger partial charge in [-0.25, -0.2) is 0 Å². The van der Waals surface area contributed by atoms with E-state index in [1.54, 1.807) is 0 Å². The lowest BCUT2D eigenvalue weighted by Gasteiger charge is -2.09. The molecule has 0 aliphatic rings. The maximum Gasteiger partial charge on any atom is 0.252 e. The Kier molecular flexibility index (Phi) is 5.34. The second kappa shape index (κ2) is 7.44. The summed E-state index contributed by atoms with van der Waals surface area (Å²) in [6.07, 6.45) is 0.845. The van der Waals surface area contributed by atoms with Crippen LogP contribution in [0.5, 0.6) is 0 Å². The van der Waals surface area contributed by atoms with Crippen LogP contribution < -0.4 is 16.4 Å². The van der Waals surface area contributed by atoms with Crippen LogP contribution in [0.4, 0.5) is 11.5 Å². The number of halogens is 1. The zero-order chi connectivity index (χ0) is 15.1. The van der Waals surface area contributed by atoms with Crippen LogP contribution in [0.2, 0.25) is 5.15 Å². The maximum atomic E-state index is 11.3. The number of anilines is 2. The molecule has 6 nitrogen and oxygen atoms in total. The third kappa shape index (κ3) is 4.61. The van der Waals surface area contributed by atoms with Gasteiger partial charge in [-0.1, -0.05) is 29.8 Å². The quantitative estimate of drug-likeness (QED) is 0.682. The number of rotatable bonds is 7. The van der Waals surface area contributed by atoms with Crippen molar-refractivity contribution in [2.75, 3.05) is 23.7 Å². The lowest BCUT2D eigenvalue weighted by molar-refractivity contribution is 0.100. The number of nitrogens with one attached hydrogen (secondary N) is 2. The third-order valence-electron chi connectivity index (χ3n) is 2.78. The average Bonchev–Trinajstić information content (AvgIpc) is 2.49. The van der Waals surface area contributed by atoms with Gasteiger partial charge in [0.1, 0.15) is 0 Å². The number of primary amides is 1. The van der Waals surface area contributed by atoms with E-state index in [0.29, 0.717) is 12.4 Å². The molecule has 0 aliphatic heterocycles. The number of hydrogen-bond donors (Lipinski definition) is 3. The first-order valence-corrected chi connectivity index (χ1v) is 6.90. The van der Waals surface area contributed by atoms with Gasteiger partial charge in [-0.3, -0.25) is 4.79 Å². The molecule has 0 bridgehead atoms. The lowest BCUT2D eigenvalue weighted by atomic mass is 10.2. The highest BCUT2D eigenvalue weighted by Crippen LogP contribution is 2.14. The highest BCUT2D eigenvalue weighted by molar-refractivity contribution is 6.29. The standard InChI is InChI=1S/C14H16ClN5O/c15-12-9-11(13(16)21)14(20-19-12)18-8-4-7-17-10-5-2-1-3-6-10/h1-3,5-6,9,17H,4,7-8H2,(H2,16,21)(H,18,20). The number of benzene rings is 1. The second-order valence-corrected chi connectivity index (χ2v) is 4.75. The zero-order valence-electron chi connectivity index (χ0n) is 11.3. The van der Waals surface area contributed by atoms with Crippen molar-refractivity contribution in [1.82, 2.24) is 10.2 Å². The van der Waals surface area contributed by atoms with E-state index in [9.17, 15) is 4.79 Å². The molecule has 2 rings (SSSR count). The minimum absolute atomic E-state index is 0.139. The number of nitrogens with zero attached hydrogens (tertiary/aromatic N) is 2. The van der Waals surface area contributed by atoms with Crippen LogP contribution in [0, 0.1) is 0 Å². The van der Waals surface area contributed by atoms with Crippen molar-refractivity contribution in [2.24, 2.45) is 5.73 Å². The Hall–Kier alpha value is -2.34. The topological polar surface area (TPSA) is 92.9 Å². The van der Waals surface area contributed by atoms with E-state index in [-0.39, 0.29) is 10.7 Å². The Morgan fingerprint density at radius 1 is 1.14 bits per heavy atom. The highest BCUT2D eigenvalue weighted by Gasteiger charge is 2.10. The first-order valence-electron chi connectivity index (χ1n) is 6.52. The molecule has 1 amide bonds. The van der Waals surface area contributed by atoms with Gasteiger partial charge < -0.3 is 16.4 Å². The minimum atomic E-state index is -0.586. The monoisotopic (exact) mass is 305 g/mol. The van der Waals surface area contributed by atoms with E-state index in [1.807, 2.05) is 30.3 Å². The van der Waals surface area contributed by atoms with Gasteiger partial charge in [0, 0.05) is 18.8 Å². The Labute approximate surface area is 127 Å². The SMILES string of the molecule is NC(=O)c1cc(Cl)nnc1NCCCNc1ccccc1. The molecule has 110 valence electrons. The van der Waals surface area contributed by atoms with Crippen molar-refractivity contribution >= 4 is 29.0 Å². The number of para-hydroxylation sites is 1. The van der Waals surface area contributed by atoms with E-state index in [4.69, 9.17) is 17.3 Å². The number of nitrogens with two attached hydrogens (primary N) is 1. The molecule has 1 aromatic heterocycles.